The van der Waals surface area contributed by atoms with Crippen molar-refractivity contribution in [3.8, 4) is 0 Å². The van der Waals surface area contributed by atoms with Gasteiger partial charge in [0.05, 0.1) is 5.56 Å². The molecule has 1 aliphatic rings. The van der Waals surface area contributed by atoms with Gasteiger partial charge in [0.2, 0.25) is 6.10 Å². The number of carbonyl (C=O) groups excluding carboxylic acids is 2. The number of nitrogens with zero attached hydrogens (tertiary/aromatic N) is 1. The van der Waals surface area contributed by atoms with E-state index in [1.54, 1.807) is 19.2 Å². The first-order chi connectivity index (χ1) is 8.06. The highest BCUT2D eigenvalue weighted by molar-refractivity contribution is 9.10. The Morgan fingerprint density at radius 2 is 2.35 bits per heavy atom. The van der Waals surface area contributed by atoms with Gasteiger partial charge in [0, 0.05) is 23.3 Å². The lowest BCUT2D eigenvalue weighted by Gasteiger charge is -2.07. The zero-order valence-corrected chi connectivity index (χ0v) is 10.6. The van der Waals surface area contributed by atoms with E-state index < -0.39 is 18.0 Å². The van der Waals surface area contributed by atoms with Crippen molar-refractivity contribution < 1.29 is 19.1 Å². The molecule has 1 aromatic heterocycles. The van der Waals surface area contributed by atoms with Crippen molar-refractivity contribution in [3.05, 3.63) is 28.5 Å². The third kappa shape index (κ3) is 2.82. The lowest BCUT2D eigenvalue weighted by Crippen LogP contribution is -2.22. The van der Waals surface area contributed by atoms with E-state index in [9.17, 15) is 9.59 Å². The van der Waals surface area contributed by atoms with E-state index in [1.807, 2.05) is 0 Å². The molecular formula is C11H10BrNO4. The highest BCUT2D eigenvalue weighted by Crippen LogP contribution is 2.19. The molecule has 0 aromatic carbocycles. The Bertz CT molecular complexity index is 463. The van der Waals surface area contributed by atoms with E-state index in [0.717, 1.165) is 0 Å². The standard InChI is InChI=1S/C11H10BrNO4/c1-6-2-9(11(15)16-6)17-10(14)7-3-8(12)5-13-4-7/h3-6,9H,2H2,1H3/t6-,9-/m1/s1. The maximum atomic E-state index is 11.7. The fourth-order valence-electron chi connectivity index (χ4n) is 1.54. The summed E-state index contributed by atoms with van der Waals surface area (Å²) >= 11 is 3.20. The first kappa shape index (κ1) is 12.0. The van der Waals surface area contributed by atoms with Crippen LogP contribution in [0, 0.1) is 0 Å². The SMILES string of the molecule is C[C@@H]1C[C@@H](OC(=O)c2cncc(Br)c2)C(=O)O1. The van der Waals surface area contributed by atoms with Crippen LogP contribution in [0.25, 0.3) is 0 Å². The number of carbonyl (C=O) groups is 2. The summed E-state index contributed by atoms with van der Waals surface area (Å²) in [6.45, 7) is 1.76. The Morgan fingerprint density at radius 1 is 1.59 bits per heavy atom. The number of hydrogen-bond donors (Lipinski definition) is 0. The number of ether oxygens (including phenoxy) is 2. The van der Waals surface area contributed by atoms with Crippen LogP contribution in [-0.4, -0.2) is 29.1 Å². The average Bonchev–Trinajstić information content (AvgIpc) is 2.57. The Kier molecular flexibility index (Phi) is 3.42. The van der Waals surface area contributed by atoms with Crippen molar-refractivity contribution in [2.75, 3.05) is 0 Å². The maximum Gasteiger partial charge on any atom is 0.347 e. The molecule has 1 fully saturated rings. The summed E-state index contributed by atoms with van der Waals surface area (Å²) in [5.41, 5.74) is 0.298. The molecule has 0 aliphatic carbocycles. The Hall–Kier alpha value is -1.43. The van der Waals surface area contributed by atoms with Crippen molar-refractivity contribution in [1.29, 1.82) is 0 Å². The minimum Gasteiger partial charge on any atom is -0.460 e. The third-order valence-corrected chi connectivity index (χ3v) is 2.75. The van der Waals surface area contributed by atoms with Crippen LogP contribution in [0.1, 0.15) is 23.7 Å². The van der Waals surface area contributed by atoms with Gasteiger partial charge in [-0.25, -0.2) is 9.59 Å². The highest BCUT2D eigenvalue weighted by Gasteiger charge is 2.35. The molecule has 6 heteroatoms. The molecule has 1 aromatic rings. The summed E-state index contributed by atoms with van der Waals surface area (Å²) in [5, 5.41) is 0. The molecule has 2 heterocycles. The van der Waals surface area contributed by atoms with Gasteiger partial charge in [-0.1, -0.05) is 0 Å². The first-order valence-electron chi connectivity index (χ1n) is 5.08. The molecule has 0 radical (unpaired) electrons. The van der Waals surface area contributed by atoms with E-state index in [2.05, 4.69) is 20.9 Å². The maximum absolute atomic E-state index is 11.7. The molecular weight excluding hydrogens is 290 g/mol. The molecule has 0 spiro atoms. The summed E-state index contributed by atoms with van der Waals surface area (Å²) in [4.78, 5) is 26.9. The lowest BCUT2D eigenvalue weighted by molar-refractivity contribution is -0.147. The van der Waals surface area contributed by atoms with Crippen LogP contribution in [0.3, 0.4) is 0 Å². The van der Waals surface area contributed by atoms with Crippen LogP contribution >= 0.6 is 15.9 Å². The molecule has 1 aliphatic heterocycles. The van der Waals surface area contributed by atoms with E-state index in [-0.39, 0.29) is 6.10 Å². The van der Waals surface area contributed by atoms with Gasteiger partial charge < -0.3 is 9.47 Å². The molecule has 0 amide bonds. The molecule has 0 bridgehead atoms. The van der Waals surface area contributed by atoms with Crippen LogP contribution in [0.4, 0.5) is 0 Å². The number of aromatic nitrogens is 1. The van der Waals surface area contributed by atoms with Gasteiger partial charge in [-0.15, -0.1) is 0 Å². The quantitative estimate of drug-likeness (QED) is 0.778. The largest absolute Gasteiger partial charge is 0.460 e. The molecule has 0 N–H and O–H groups in total. The number of hydrogen-bond acceptors (Lipinski definition) is 5. The first-order valence-corrected chi connectivity index (χ1v) is 5.87. The summed E-state index contributed by atoms with van der Waals surface area (Å²) in [6.07, 6.45) is 2.32. The molecule has 5 nitrogen and oxygen atoms in total. The van der Waals surface area contributed by atoms with Crippen molar-refractivity contribution in [3.63, 3.8) is 0 Å². The second-order valence-electron chi connectivity index (χ2n) is 3.77. The fraction of sp³-hybridized carbons (Fsp3) is 0.364. The lowest BCUT2D eigenvalue weighted by atomic mass is 10.2. The zero-order chi connectivity index (χ0) is 12.4. The van der Waals surface area contributed by atoms with E-state index in [4.69, 9.17) is 9.47 Å². The number of cyclic esters (lactones) is 1. The molecule has 2 atom stereocenters. The monoisotopic (exact) mass is 299 g/mol. The van der Waals surface area contributed by atoms with Crippen LogP contribution in [0.15, 0.2) is 22.9 Å². The minimum absolute atomic E-state index is 0.207. The van der Waals surface area contributed by atoms with E-state index >= 15 is 0 Å². The van der Waals surface area contributed by atoms with E-state index in [0.29, 0.717) is 16.5 Å². The predicted molar refractivity (Wildman–Crippen MR) is 61.3 cm³/mol. The van der Waals surface area contributed by atoms with Crippen molar-refractivity contribution in [1.82, 2.24) is 4.98 Å². The topological polar surface area (TPSA) is 65.5 Å². The number of rotatable bonds is 2. The van der Waals surface area contributed by atoms with Gasteiger partial charge in [-0.2, -0.15) is 0 Å². The fourth-order valence-corrected chi connectivity index (χ4v) is 1.90. The summed E-state index contributed by atoms with van der Waals surface area (Å²) in [7, 11) is 0. The Balaban J connectivity index is 2.05. The average molecular weight is 300 g/mol. The van der Waals surface area contributed by atoms with Gasteiger partial charge in [-0.05, 0) is 28.9 Å². The molecule has 17 heavy (non-hydrogen) atoms. The van der Waals surface area contributed by atoms with Gasteiger partial charge in [0.15, 0.2) is 0 Å². The van der Waals surface area contributed by atoms with Gasteiger partial charge in [0.1, 0.15) is 6.10 Å². The van der Waals surface area contributed by atoms with Crippen molar-refractivity contribution >= 4 is 27.9 Å². The van der Waals surface area contributed by atoms with Crippen molar-refractivity contribution in [2.24, 2.45) is 0 Å². The smallest absolute Gasteiger partial charge is 0.347 e. The third-order valence-electron chi connectivity index (χ3n) is 2.32. The molecule has 2 rings (SSSR count). The summed E-state index contributed by atoms with van der Waals surface area (Å²) < 4.78 is 10.6. The molecule has 90 valence electrons. The second kappa shape index (κ2) is 4.83. The van der Waals surface area contributed by atoms with Crippen LogP contribution in [0.5, 0.6) is 0 Å². The number of pyridine rings is 1. The highest BCUT2D eigenvalue weighted by atomic mass is 79.9. The minimum atomic E-state index is -0.809. The predicted octanol–water partition coefficient (Wildman–Crippen LogP) is 1.70. The van der Waals surface area contributed by atoms with Crippen LogP contribution in [0.2, 0.25) is 0 Å². The summed E-state index contributed by atoms with van der Waals surface area (Å²) in [5.74, 6) is -1.07. The molecule has 0 saturated carbocycles. The van der Waals surface area contributed by atoms with Crippen LogP contribution < -0.4 is 0 Å². The summed E-state index contributed by atoms with van der Waals surface area (Å²) in [6, 6.07) is 1.58. The van der Waals surface area contributed by atoms with Gasteiger partial charge >= 0.3 is 11.9 Å². The Morgan fingerprint density at radius 3 is 2.94 bits per heavy atom. The Labute approximate surface area is 106 Å². The second-order valence-corrected chi connectivity index (χ2v) is 4.68. The van der Waals surface area contributed by atoms with Crippen molar-refractivity contribution in [2.45, 2.75) is 25.6 Å². The van der Waals surface area contributed by atoms with E-state index in [1.165, 1.54) is 6.20 Å². The normalized spacial score (nSPS) is 23.3. The van der Waals surface area contributed by atoms with Gasteiger partial charge in [0.25, 0.3) is 0 Å². The molecule has 0 unspecified atom stereocenters. The zero-order valence-electron chi connectivity index (χ0n) is 9.05. The number of halogens is 1. The number of esters is 2. The van der Waals surface area contributed by atoms with Gasteiger partial charge in [-0.3, -0.25) is 4.98 Å². The van der Waals surface area contributed by atoms with Crippen LogP contribution in [-0.2, 0) is 14.3 Å². The molecule has 1 saturated heterocycles.